The maximum absolute atomic E-state index is 14.0. The van der Waals surface area contributed by atoms with Crippen LogP contribution in [-0.2, 0) is 6.54 Å². The molecule has 130 valence electrons. The fraction of sp³-hybridized carbons (Fsp3) is 0.150. The molecule has 4 rings (SSSR count). The van der Waals surface area contributed by atoms with Crippen LogP contribution in [0.3, 0.4) is 0 Å². The summed E-state index contributed by atoms with van der Waals surface area (Å²) < 4.78 is 16.1. The second-order valence-corrected chi connectivity index (χ2v) is 7.38. The monoisotopic (exact) mass is 365 g/mol. The number of benzene rings is 2. The van der Waals surface area contributed by atoms with Crippen LogP contribution in [0.15, 0.2) is 53.3 Å². The maximum atomic E-state index is 14.0. The normalized spacial score (nSPS) is 11.2. The number of rotatable bonds is 3. The van der Waals surface area contributed by atoms with E-state index in [-0.39, 0.29) is 17.9 Å². The molecule has 2 heterocycles. The Morgan fingerprint density at radius 2 is 1.81 bits per heavy atom. The predicted octanol–water partition coefficient (Wildman–Crippen LogP) is 4.32. The van der Waals surface area contributed by atoms with Crippen molar-refractivity contribution in [3.63, 3.8) is 0 Å². The second-order valence-electron chi connectivity index (χ2n) is 6.18. The number of halogens is 1. The van der Waals surface area contributed by atoms with Gasteiger partial charge in [-0.25, -0.2) is 14.1 Å². The van der Waals surface area contributed by atoms with Crippen molar-refractivity contribution < 1.29 is 4.39 Å². The van der Waals surface area contributed by atoms with Gasteiger partial charge in [-0.05, 0) is 19.9 Å². The van der Waals surface area contributed by atoms with Crippen LogP contribution in [0.1, 0.15) is 16.1 Å². The molecule has 0 radical (unpaired) electrons. The van der Waals surface area contributed by atoms with E-state index < -0.39 is 0 Å². The molecule has 4 nitrogen and oxygen atoms in total. The van der Waals surface area contributed by atoms with E-state index in [4.69, 9.17) is 0 Å². The summed E-state index contributed by atoms with van der Waals surface area (Å²) in [7, 11) is 0. The first kappa shape index (κ1) is 16.6. The van der Waals surface area contributed by atoms with E-state index in [1.165, 1.54) is 22.1 Å². The molecule has 0 aliphatic rings. The summed E-state index contributed by atoms with van der Waals surface area (Å²) in [5.41, 5.74) is 3.25. The van der Waals surface area contributed by atoms with Crippen LogP contribution in [0, 0.1) is 19.7 Å². The molecule has 0 saturated heterocycles. The van der Waals surface area contributed by atoms with Crippen LogP contribution in [0.2, 0.25) is 0 Å². The number of aryl methyl sites for hydroxylation is 2. The van der Waals surface area contributed by atoms with Crippen molar-refractivity contribution >= 4 is 21.6 Å². The van der Waals surface area contributed by atoms with Crippen molar-refractivity contribution in [1.29, 1.82) is 0 Å². The van der Waals surface area contributed by atoms with Gasteiger partial charge in [-0.15, -0.1) is 11.3 Å². The molecule has 0 unspecified atom stereocenters. The molecule has 0 amide bonds. The zero-order valence-corrected chi connectivity index (χ0v) is 15.2. The second kappa shape index (κ2) is 6.46. The van der Waals surface area contributed by atoms with Crippen molar-refractivity contribution in [2.75, 3.05) is 0 Å². The predicted molar refractivity (Wildman–Crippen MR) is 102 cm³/mol. The number of thiazole rings is 1. The summed E-state index contributed by atoms with van der Waals surface area (Å²) in [5.74, 6) is -0.354. The summed E-state index contributed by atoms with van der Waals surface area (Å²) in [6.45, 7) is 3.95. The average molecular weight is 365 g/mol. The summed E-state index contributed by atoms with van der Waals surface area (Å²) >= 11 is 1.45. The largest absolute Gasteiger partial charge is 0.294 e. The van der Waals surface area contributed by atoms with Crippen molar-refractivity contribution in [2.45, 2.75) is 20.4 Å². The van der Waals surface area contributed by atoms with Crippen LogP contribution >= 0.6 is 11.3 Å². The van der Waals surface area contributed by atoms with Gasteiger partial charge in [0.05, 0.1) is 16.3 Å². The highest BCUT2D eigenvalue weighted by Crippen LogP contribution is 2.29. The molecular weight excluding hydrogens is 349 g/mol. The minimum atomic E-state index is -0.354. The Bertz CT molecular complexity index is 1160. The lowest BCUT2D eigenvalue weighted by Crippen LogP contribution is -2.24. The highest BCUT2D eigenvalue weighted by Gasteiger charge is 2.17. The van der Waals surface area contributed by atoms with E-state index in [9.17, 15) is 9.18 Å². The highest BCUT2D eigenvalue weighted by molar-refractivity contribution is 7.19. The molecule has 0 atom stereocenters. The molecule has 0 fully saturated rings. The van der Waals surface area contributed by atoms with Gasteiger partial charge < -0.3 is 0 Å². The van der Waals surface area contributed by atoms with Gasteiger partial charge in [0.1, 0.15) is 11.5 Å². The fourth-order valence-electron chi connectivity index (χ4n) is 2.86. The van der Waals surface area contributed by atoms with Gasteiger partial charge in [0.25, 0.3) is 5.56 Å². The lowest BCUT2D eigenvalue weighted by Gasteiger charge is -2.09. The number of nitrogens with zero attached hydrogens (tertiary/aromatic N) is 3. The number of hydrogen-bond donors (Lipinski definition) is 0. The van der Waals surface area contributed by atoms with E-state index in [1.54, 1.807) is 18.2 Å². The van der Waals surface area contributed by atoms with Crippen molar-refractivity contribution in [1.82, 2.24) is 14.8 Å². The van der Waals surface area contributed by atoms with Crippen LogP contribution in [0.4, 0.5) is 4.39 Å². The lowest BCUT2D eigenvalue weighted by molar-refractivity contribution is 0.576. The van der Waals surface area contributed by atoms with Crippen LogP contribution < -0.4 is 5.56 Å². The number of fused-ring (bicyclic) bond motifs is 1. The SMILES string of the molecule is Cc1ccc(-c2nn(Cc3ccccc3F)c(=O)c3nc(C)sc23)cc1. The van der Waals surface area contributed by atoms with E-state index >= 15 is 0 Å². The Balaban J connectivity index is 1.94. The summed E-state index contributed by atoms with van der Waals surface area (Å²) in [5, 5.41) is 5.36. The Kier molecular flexibility index (Phi) is 4.12. The molecule has 0 spiro atoms. The molecule has 26 heavy (non-hydrogen) atoms. The smallest absolute Gasteiger partial charge is 0.265 e. The first-order valence-electron chi connectivity index (χ1n) is 8.21. The van der Waals surface area contributed by atoms with Gasteiger partial charge >= 0.3 is 0 Å². The minimum Gasteiger partial charge on any atom is -0.265 e. The van der Waals surface area contributed by atoms with Gasteiger partial charge in [0, 0.05) is 11.1 Å². The molecule has 0 saturated carbocycles. The summed E-state index contributed by atoms with van der Waals surface area (Å²) in [6, 6.07) is 14.4. The Hall–Kier alpha value is -2.86. The lowest BCUT2D eigenvalue weighted by atomic mass is 10.1. The third kappa shape index (κ3) is 2.93. The fourth-order valence-corrected chi connectivity index (χ4v) is 3.78. The number of aromatic nitrogens is 3. The van der Waals surface area contributed by atoms with Crippen LogP contribution in [0.5, 0.6) is 0 Å². The van der Waals surface area contributed by atoms with E-state index in [0.29, 0.717) is 16.8 Å². The molecule has 2 aromatic heterocycles. The molecule has 0 N–H and O–H groups in total. The quantitative estimate of drug-likeness (QED) is 0.543. The average Bonchev–Trinajstić information content (AvgIpc) is 3.02. The van der Waals surface area contributed by atoms with E-state index in [2.05, 4.69) is 10.1 Å². The van der Waals surface area contributed by atoms with Gasteiger partial charge in [-0.2, -0.15) is 5.10 Å². The summed E-state index contributed by atoms with van der Waals surface area (Å²) in [4.78, 5) is 17.2. The Labute approximate surface area is 153 Å². The topological polar surface area (TPSA) is 47.8 Å². The van der Waals surface area contributed by atoms with Crippen molar-refractivity contribution in [3.8, 4) is 11.3 Å². The molecule has 0 aliphatic carbocycles. The van der Waals surface area contributed by atoms with E-state index in [1.807, 2.05) is 38.1 Å². The van der Waals surface area contributed by atoms with Crippen LogP contribution in [-0.4, -0.2) is 14.8 Å². The zero-order valence-electron chi connectivity index (χ0n) is 14.4. The third-order valence-electron chi connectivity index (χ3n) is 4.21. The first-order valence-corrected chi connectivity index (χ1v) is 9.03. The Morgan fingerprint density at radius 3 is 2.54 bits per heavy atom. The summed E-state index contributed by atoms with van der Waals surface area (Å²) in [6.07, 6.45) is 0. The third-order valence-corrected chi connectivity index (χ3v) is 5.19. The maximum Gasteiger partial charge on any atom is 0.294 e. The van der Waals surface area contributed by atoms with Gasteiger partial charge in [-0.1, -0.05) is 48.0 Å². The van der Waals surface area contributed by atoms with E-state index in [0.717, 1.165) is 20.8 Å². The van der Waals surface area contributed by atoms with Gasteiger partial charge in [0.2, 0.25) is 0 Å². The molecule has 6 heteroatoms. The highest BCUT2D eigenvalue weighted by atomic mass is 32.1. The molecular formula is C20H16FN3OS. The van der Waals surface area contributed by atoms with Crippen molar-refractivity contribution in [2.24, 2.45) is 0 Å². The van der Waals surface area contributed by atoms with Crippen molar-refractivity contribution in [3.05, 3.63) is 80.8 Å². The minimum absolute atomic E-state index is 0.0664. The van der Waals surface area contributed by atoms with Gasteiger partial charge in [0.15, 0.2) is 5.52 Å². The standard InChI is InChI=1S/C20H16FN3OS/c1-12-7-9-14(10-8-12)17-19-18(22-13(2)26-19)20(25)24(23-17)11-15-5-3-4-6-16(15)21/h3-10H,11H2,1-2H3. The first-order chi connectivity index (χ1) is 12.5. The molecule has 0 bridgehead atoms. The molecule has 4 aromatic rings. The Morgan fingerprint density at radius 1 is 1.08 bits per heavy atom. The molecule has 2 aromatic carbocycles. The van der Waals surface area contributed by atoms with Gasteiger partial charge in [-0.3, -0.25) is 4.79 Å². The van der Waals surface area contributed by atoms with Crippen LogP contribution in [0.25, 0.3) is 21.5 Å². The molecule has 0 aliphatic heterocycles. The zero-order chi connectivity index (χ0) is 18.3. The number of hydrogen-bond acceptors (Lipinski definition) is 4.